The van der Waals surface area contributed by atoms with Gasteiger partial charge in [-0.2, -0.15) is 0 Å². The van der Waals surface area contributed by atoms with Gasteiger partial charge in [-0.3, -0.25) is 9.59 Å². The third-order valence-electron chi connectivity index (χ3n) is 5.94. The zero-order chi connectivity index (χ0) is 24.3. The zero-order valence-electron chi connectivity index (χ0n) is 19.9. The predicted molar refractivity (Wildman–Crippen MR) is 132 cm³/mol. The summed E-state index contributed by atoms with van der Waals surface area (Å²) in [5.41, 5.74) is 6.77. The van der Waals surface area contributed by atoms with E-state index in [4.69, 9.17) is 10.5 Å². The smallest absolute Gasteiger partial charge is 0.306 e. The number of amides is 1. The van der Waals surface area contributed by atoms with Gasteiger partial charge in [0.25, 0.3) is 5.91 Å². The highest BCUT2D eigenvalue weighted by Crippen LogP contribution is 2.31. The number of nitrogens with two attached hydrogens (primary N) is 1. The number of carbonyl (C=O) groups is 2. The molecular weight excluding hydrogens is 432 g/mol. The van der Waals surface area contributed by atoms with Crippen LogP contribution in [0.2, 0.25) is 0 Å². The average Bonchev–Trinajstić information content (AvgIpc) is 3.24. The van der Waals surface area contributed by atoms with E-state index in [0.29, 0.717) is 12.2 Å². The van der Waals surface area contributed by atoms with Crippen LogP contribution in [0, 0.1) is 5.92 Å². The van der Waals surface area contributed by atoms with E-state index in [1.807, 2.05) is 51.2 Å². The minimum Gasteiger partial charge on any atom is -0.460 e. The molecule has 1 saturated carbocycles. The molecular formula is C25H32N6O3. The first-order valence-corrected chi connectivity index (χ1v) is 11.7. The van der Waals surface area contributed by atoms with Gasteiger partial charge in [0.1, 0.15) is 11.4 Å². The van der Waals surface area contributed by atoms with Crippen molar-refractivity contribution in [2.24, 2.45) is 11.7 Å². The first kappa shape index (κ1) is 23.5. The van der Waals surface area contributed by atoms with E-state index >= 15 is 0 Å². The second kappa shape index (κ2) is 9.70. The fourth-order valence-electron chi connectivity index (χ4n) is 4.47. The van der Waals surface area contributed by atoms with Crippen LogP contribution in [-0.4, -0.2) is 38.5 Å². The molecule has 0 radical (unpaired) electrons. The number of fused-ring (bicyclic) bond motifs is 1. The Kier molecular flexibility index (Phi) is 6.72. The zero-order valence-corrected chi connectivity index (χ0v) is 19.9. The molecule has 0 bridgehead atoms. The summed E-state index contributed by atoms with van der Waals surface area (Å²) in [6.07, 6.45) is 7.70. The lowest BCUT2D eigenvalue weighted by Gasteiger charge is -2.32. The number of ether oxygens (including phenoxy) is 1. The number of nitrogens with zero attached hydrogens (tertiary/aromatic N) is 2. The normalized spacial score (nSPS) is 18.4. The van der Waals surface area contributed by atoms with Gasteiger partial charge in [-0.1, -0.05) is 25.0 Å². The number of hydrogen-bond acceptors (Lipinski definition) is 7. The first-order valence-electron chi connectivity index (χ1n) is 11.7. The van der Waals surface area contributed by atoms with Crippen molar-refractivity contribution in [3.05, 3.63) is 42.4 Å². The van der Waals surface area contributed by atoms with Gasteiger partial charge in [-0.05, 0) is 51.7 Å². The van der Waals surface area contributed by atoms with Gasteiger partial charge in [-0.25, -0.2) is 9.97 Å². The molecule has 2 heterocycles. The summed E-state index contributed by atoms with van der Waals surface area (Å²) in [7, 11) is 0. The summed E-state index contributed by atoms with van der Waals surface area (Å²) in [5.74, 6) is 0.0695. The Bertz CT molecular complexity index is 1180. The lowest BCUT2D eigenvalue weighted by Crippen LogP contribution is -2.35. The molecule has 180 valence electrons. The Labute approximate surface area is 198 Å². The molecule has 1 aliphatic carbocycles. The largest absolute Gasteiger partial charge is 0.460 e. The Hall–Kier alpha value is -3.62. The van der Waals surface area contributed by atoms with Crippen LogP contribution in [-0.2, 0) is 9.53 Å². The van der Waals surface area contributed by atoms with Gasteiger partial charge in [0, 0.05) is 17.6 Å². The van der Waals surface area contributed by atoms with Crippen LogP contribution < -0.4 is 16.4 Å². The molecule has 0 spiro atoms. The number of nitrogens with one attached hydrogen (secondary N) is 3. The lowest BCUT2D eigenvalue weighted by molar-refractivity contribution is -0.156. The molecule has 1 amide bonds. The van der Waals surface area contributed by atoms with Crippen LogP contribution in [0.4, 0.5) is 17.3 Å². The second-order valence-corrected chi connectivity index (χ2v) is 9.78. The van der Waals surface area contributed by atoms with Gasteiger partial charge >= 0.3 is 5.97 Å². The minimum absolute atomic E-state index is 0.0506. The molecule has 0 saturated heterocycles. The highest BCUT2D eigenvalue weighted by Gasteiger charge is 2.30. The second-order valence-electron chi connectivity index (χ2n) is 9.78. The summed E-state index contributed by atoms with van der Waals surface area (Å²) in [6.45, 7) is 5.62. The van der Waals surface area contributed by atoms with Crippen LogP contribution in [0.25, 0.3) is 10.9 Å². The van der Waals surface area contributed by atoms with E-state index in [-0.39, 0.29) is 29.4 Å². The van der Waals surface area contributed by atoms with E-state index < -0.39 is 11.5 Å². The number of primary amides is 1. The van der Waals surface area contributed by atoms with Gasteiger partial charge < -0.3 is 26.1 Å². The quantitative estimate of drug-likeness (QED) is 0.378. The van der Waals surface area contributed by atoms with Crippen molar-refractivity contribution >= 4 is 40.1 Å². The third-order valence-corrected chi connectivity index (χ3v) is 5.94. The Morgan fingerprint density at radius 1 is 1.21 bits per heavy atom. The molecule has 1 fully saturated rings. The van der Waals surface area contributed by atoms with Crippen molar-refractivity contribution in [1.29, 1.82) is 0 Å². The van der Waals surface area contributed by atoms with E-state index in [2.05, 4.69) is 25.6 Å². The molecule has 4 rings (SSSR count). The van der Waals surface area contributed by atoms with Crippen molar-refractivity contribution in [2.45, 2.75) is 64.5 Å². The highest BCUT2D eigenvalue weighted by molar-refractivity contribution is 5.98. The molecule has 9 nitrogen and oxygen atoms in total. The molecule has 3 aromatic rings. The number of rotatable bonds is 7. The van der Waals surface area contributed by atoms with Gasteiger partial charge in [0.2, 0.25) is 0 Å². The summed E-state index contributed by atoms with van der Waals surface area (Å²) >= 11 is 0. The van der Waals surface area contributed by atoms with E-state index in [1.165, 1.54) is 6.20 Å². The number of carbonyl (C=O) groups excluding carboxylic acids is 2. The predicted octanol–water partition coefficient (Wildman–Crippen LogP) is 4.50. The topological polar surface area (TPSA) is 135 Å². The van der Waals surface area contributed by atoms with Crippen molar-refractivity contribution in [1.82, 2.24) is 15.0 Å². The van der Waals surface area contributed by atoms with Gasteiger partial charge in [-0.15, -0.1) is 0 Å². The van der Waals surface area contributed by atoms with Crippen molar-refractivity contribution in [2.75, 3.05) is 10.6 Å². The number of para-hydroxylation sites is 1. The lowest BCUT2D eigenvalue weighted by atomic mass is 9.82. The minimum atomic E-state index is -0.666. The number of hydrogen-bond donors (Lipinski definition) is 4. The number of anilines is 3. The van der Waals surface area contributed by atoms with Crippen LogP contribution >= 0.6 is 0 Å². The monoisotopic (exact) mass is 464 g/mol. The van der Waals surface area contributed by atoms with Gasteiger partial charge in [0.15, 0.2) is 11.5 Å². The van der Waals surface area contributed by atoms with Crippen LogP contribution in [0.5, 0.6) is 0 Å². The molecule has 1 aromatic carbocycles. The first-order chi connectivity index (χ1) is 16.2. The van der Waals surface area contributed by atoms with Crippen molar-refractivity contribution < 1.29 is 14.3 Å². The maximum absolute atomic E-state index is 12.4. The fraction of sp³-hybridized carbons (Fsp3) is 0.440. The molecule has 2 aromatic heterocycles. The molecule has 5 N–H and O–H groups in total. The highest BCUT2D eigenvalue weighted by atomic mass is 16.6. The molecule has 0 aliphatic heterocycles. The van der Waals surface area contributed by atoms with Crippen molar-refractivity contribution in [3.63, 3.8) is 0 Å². The number of aromatic nitrogens is 3. The summed E-state index contributed by atoms with van der Waals surface area (Å²) < 4.78 is 5.54. The number of benzene rings is 1. The van der Waals surface area contributed by atoms with Gasteiger partial charge in [0.05, 0.1) is 23.8 Å². The summed E-state index contributed by atoms with van der Waals surface area (Å²) in [4.78, 5) is 36.6. The maximum atomic E-state index is 12.4. The average molecular weight is 465 g/mol. The molecule has 9 heteroatoms. The number of esters is 1. The fourth-order valence-corrected chi connectivity index (χ4v) is 4.47. The molecule has 0 unspecified atom stereocenters. The number of aromatic amines is 1. The SMILES string of the molecule is CC(C)(C)OC(=O)C[C@H]1CCCC[C@H]1Nc1cnc(C(N)=O)c(Nc2cccc3cc[nH]c23)n1. The standard InChI is InChI=1S/C25H32N6O3/c1-25(2,3)34-20(32)13-16-7-4-5-9-17(16)29-19-14-28-22(23(26)33)24(31-19)30-18-10-6-8-15-11-12-27-21(15)18/h6,8,10-12,14,16-17,27H,4-5,7,9,13H2,1-3H3,(H2,26,33)(H2,29,30,31)/t16-,17-/m1/s1. The summed E-state index contributed by atoms with van der Waals surface area (Å²) in [5, 5.41) is 7.68. The Balaban J connectivity index is 1.55. The Morgan fingerprint density at radius 2 is 2.00 bits per heavy atom. The maximum Gasteiger partial charge on any atom is 0.306 e. The van der Waals surface area contributed by atoms with E-state index in [9.17, 15) is 9.59 Å². The summed E-state index contributed by atoms with van der Waals surface area (Å²) in [6, 6.07) is 7.82. The molecule has 2 atom stereocenters. The molecule has 1 aliphatic rings. The van der Waals surface area contributed by atoms with E-state index in [1.54, 1.807) is 0 Å². The van der Waals surface area contributed by atoms with E-state index in [0.717, 1.165) is 42.3 Å². The van der Waals surface area contributed by atoms with Crippen LogP contribution in [0.15, 0.2) is 36.7 Å². The van der Waals surface area contributed by atoms with Crippen molar-refractivity contribution in [3.8, 4) is 0 Å². The molecule has 34 heavy (non-hydrogen) atoms. The van der Waals surface area contributed by atoms with Crippen LogP contribution in [0.1, 0.15) is 63.4 Å². The Morgan fingerprint density at radius 3 is 2.76 bits per heavy atom. The van der Waals surface area contributed by atoms with Crippen LogP contribution in [0.3, 0.4) is 0 Å². The number of H-pyrrole nitrogens is 1. The third kappa shape index (κ3) is 5.65.